The molecule has 0 bridgehead atoms. The summed E-state index contributed by atoms with van der Waals surface area (Å²) in [5, 5.41) is 3.77. The summed E-state index contributed by atoms with van der Waals surface area (Å²) in [5.41, 5.74) is 2.48. The summed E-state index contributed by atoms with van der Waals surface area (Å²) in [6, 6.07) is 13.8. The van der Waals surface area contributed by atoms with Crippen molar-refractivity contribution in [1.82, 2.24) is 25.1 Å². The van der Waals surface area contributed by atoms with Gasteiger partial charge in [-0.1, -0.05) is 35.9 Å². The number of likely N-dealkylation sites (tertiary alicyclic amines) is 1. The first-order valence-electron chi connectivity index (χ1n) is 12.0. The number of benzene rings is 2. The van der Waals surface area contributed by atoms with Crippen LogP contribution in [0.25, 0.3) is 0 Å². The average Bonchev–Trinajstić information content (AvgIpc) is 3.16. The Kier molecular flexibility index (Phi) is 7.06. The van der Waals surface area contributed by atoms with Gasteiger partial charge in [-0.25, -0.2) is 0 Å². The zero-order valence-corrected chi connectivity index (χ0v) is 20.4. The van der Waals surface area contributed by atoms with Gasteiger partial charge in [-0.3, -0.25) is 29.3 Å². The highest BCUT2D eigenvalue weighted by Crippen LogP contribution is 2.25. The summed E-state index contributed by atoms with van der Waals surface area (Å²) in [6.07, 6.45) is 6.25. The number of carbonyl (C=O) groups excluding carboxylic acids is 3. The minimum absolute atomic E-state index is 0.0272. The zero-order valence-electron chi connectivity index (χ0n) is 19.6. The Labute approximate surface area is 214 Å². The van der Waals surface area contributed by atoms with E-state index in [0.29, 0.717) is 47.8 Å². The van der Waals surface area contributed by atoms with Crippen LogP contribution in [0, 0.1) is 5.92 Å². The van der Waals surface area contributed by atoms with Gasteiger partial charge < -0.3 is 10.2 Å². The Morgan fingerprint density at radius 1 is 0.972 bits per heavy atom. The predicted molar refractivity (Wildman–Crippen MR) is 134 cm³/mol. The monoisotopic (exact) mass is 503 g/mol. The molecule has 1 aromatic heterocycles. The number of aromatic nitrogens is 2. The van der Waals surface area contributed by atoms with Crippen molar-refractivity contribution in [2.45, 2.75) is 18.9 Å². The molecule has 2 aliphatic heterocycles. The standard InChI is InChI=1S/C27H26ClN5O3/c28-20-7-5-18(6-8-20)24(23-17-29-11-12-30-23)31-25(34)19-9-13-32(14-10-19)15-16-33-26(35)21-3-1-2-4-22(21)27(33)36/h1-8,11-12,17,19,24H,9-10,13-16H2,(H,31,34). The van der Waals surface area contributed by atoms with Gasteiger partial charge in [0.05, 0.1) is 29.1 Å². The lowest BCUT2D eigenvalue weighted by Gasteiger charge is -2.32. The third kappa shape index (κ3) is 5.01. The van der Waals surface area contributed by atoms with E-state index in [2.05, 4.69) is 20.2 Å². The van der Waals surface area contributed by atoms with E-state index in [1.165, 1.54) is 4.90 Å². The molecule has 184 valence electrons. The molecular weight excluding hydrogens is 478 g/mol. The van der Waals surface area contributed by atoms with Crippen LogP contribution in [0.3, 0.4) is 0 Å². The highest BCUT2D eigenvalue weighted by atomic mass is 35.5. The second kappa shape index (κ2) is 10.6. The van der Waals surface area contributed by atoms with Crippen molar-refractivity contribution in [1.29, 1.82) is 0 Å². The number of hydrogen-bond donors (Lipinski definition) is 1. The highest BCUT2D eigenvalue weighted by molar-refractivity contribution is 6.30. The zero-order chi connectivity index (χ0) is 25.1. The molecule has 1 saturated heterocycles. The summed E-state index contributed by atoms with van der Waals surface area (Å²) < 4.78 is 0. The summed E-state index contributed by atoms with van der Waals surface area (Å²) in [5.74, 6) is -0.628. The van der Waals surface area contributed by atoms with E-state index >= 15 is 0 Å². The molecule has 5 rings (SSSR count). The third-order valence-electron chi connectivity index (χ3n) is 6.85. The Hall–Kier alpha value is -3.62. The van der Waals surface area contributed by atoms with Crippen LogP contribution in [0.15, 0.2) is 67.1 Å². The van der Waals surface area contributed by atoms with Crippen molar-refractivity contribution in [3.8, 4) is 0 Å². The molecule has 0 radical (unpaired) electrons. The molecule has 0 aliphatic carbocycles. The lowest BCUT2D eigenvalue weighted by Crippen LogP contribution is -2.44. The van der Waals surface area contributed by atoms with Gasteiger partial charge in [0.15, 0.2) is 0 Å². The molecule has 1 unspecified atom stereocenters. The van der Waals surface area contributed by atoms with Crippen molar-refractivity contribution in [3.63, 3.8) is 0 Å². The van der Waals surface area contributed by atoms with Crippen molar-refractivity contribution in [2.24, 2.45) is 5.92 Å². The van der Waals surface area contributed by atoms with Crippen LogP contribution in [0.2, 0.25) is 5.02 Å². The molecule has 3 amide bonds. The number of amides is 3. The molecule has 8 nitrogen and oxygen atoms in total. The van der Waals surface area contributed by atoms with Gasteiger partial charge >= 0.3 is 0 Å². The number of carbonyl (C=O) groups is 3. The minimum Gasteiger partial charge on any atom is -0.343 e. The van der Waals surface area contributed by atoms with E-state index in [1.54, 1.807) is 55.0 Å². The Morgan fingerprint density at radius 2 is 1.64 bits per heavy atom. The smallest absolute Gasteiger partial charge is 0.261 e. The van der Waals surface area contributed by atoms with Gasteiger partial charge in [0, 0.05) is 36.4 Å². The lowest BCUT2D eigenvalue weighted by atomic mass is 9.94. The molecule has 36 heavy (non-hydrogen) atoms. The number of nitrogens with one attached hydrogen (secondary N) is 1. The van der Waals surface area contributed by atoms with Crippen molar-refractivity contribution in [2.75, 3.05) is 26.2 Å². The Morgan fingerprint density at radius 3 is 2.25 bits per heavy atom. The van der Waals surface area contributed by atoms with Crippen LogP contribution in [0.1, 0.15) is 50.9 Å². The molecule has 3 aromatic rings. The molecule has 2 aliphatic rings. The average molecular weight is 504 g/mol. The fourth-order valence-electron chi connectivity index (χ4n) is 4.81. The summed E-state index contributed by atoms with van der Waals surface area (Å²) in [6.45, 7) is 2.37. The first-order valence-corrected chi connectivity index (χ1v) is 12.4. The Bertz CT molecular complexity index is 1220. The largest absolute Gasteiger partial charge is 0.343 e. The fourth-order valence-corrected chi connectivity index (χ4v) is 4.93. The maximum atomic E-state index is 13.2. The molecule has 3 heterocycles. The third-order valence-corrected chi connectivity index (χ3v) is 7.10. The number of fused-ring (bicyclic) bond motifs is 1. The molecular formula is C27H26ClN5O3. The first-order chi connectivity index (χ1) is 17.5. The summed E-state index contributed by atoms with van der Waals surface area (Å²) in [4.78, 5) is 50.5. The topological polar surface area (TPSA) is 95.5 Å². The quantitative estimate of drug-likeness (QED) is 0.497. The van der Waals surface area contributed by atoms with Crippen LogP contribution in [0.4, 0.5) is 0 Å². The van der Waals surface area contributed by atoms with Crippen LogP contribution in [-0.4, -0.2) is 63.7 Å². The predicted octanol–water partition coefficient (Wildman–Crippen LogP) is 3.34. The number of nitrogens with zero attached hydrogens (tertiary/aromatic N) is 4. The van der Waals surface area contributed by atoms with Crippen molar-refractivity contribution >= 4 is 29.3 Å². The fraction of sp³-hybridized carbons (Fsp3) is 0.296. The SMILES string of the molecule is O=C(NC(c1ccc(Cl)cc1)c1cnccn1)C1CCN(CCN2C(=O)c3ccccc3C2=O)CC1. The summed E-state index contributed by atoms with van der Waals surface area (Å²) >= 11 is 6.05. The van der Waals surface area contributed by atoms with Crippen LogP contribution in [0.5, 0.6) is 0 Å². The number of imide groups is 1. The Balaban J connectivity index is 1.16. The molecule has 1 N–H and O–H groups in total. The number of rotatable bonds is 7. The van der Waals surface area contributed by atoms with E-state index in [-0.39, 0.29) is 23.6 Å². The molecule has 0 spiro atoms. The van der Waals surface area contributed by atoms with E-state index in [9.17, 15) is 14.4 Å². The first kappa shape index (κ1) is 24.1. The maximum absolute atomic E-state index is 13.2. The molecule has 9 heteroatoms. The molecule has 1 atom stereocenters. The van der Waals surface area contributed by atoms with Gasteiger partial charge in [0.1, 0.15) is 0 Å². The van der Waals surface area contributed by atoms with Gasteiger partial charge in [-0.05, 0) is 55.8 Å². The van der Waals surface area contributed by atoms with Crippen LogP contribution >= 0.6 is 11.6 Å². The van der Waals surface area contributed by atoms with E-state index < -0.39 is 6.04 Å². The lowest BCUT2D eigenvalue weighted by molar-refractivity contribution is -0.127. The minimum atomic E-state index is -0.421. The van der Waals surface area contributed by atoms with E-state index in [0.717, 1.165) is 18.7 Å². The van der Waals surface area contributed by atoms with Gasteiger partial charge in [0.2, 0.25) is 5.91 Å². The second-order valence-electron chi connectivity index (χ2n) is 9.05. The molecule has 2 aromatic carbocycles. The van der Waals surface area contributed by atoms with Crippen molar-refractivity contribution < 1.29 is 14.4 Å². The molecule has 0 saturated carbocycles. The van der Waals surface area contributed by atoms with Gasteiger partial charge in [-0.15, -0.1) is 0 Å². The van der Waals surface area contributed by atoms with Gasteiger partial charge in [-0.2, -0.15) is 0 Å². The van der Waals surface area contributed by atoms with Crippen LogP contribution < -0.4 is 5.32 Å². The van der Waals surface area contributed by atoms with Crippen molar-refractivity contribution in [3.05, 3.63) is 94.5 Å². The number of hydrogen-bond acceptors (Lipinski definition) is 6. The van der Waals surface area contributed by atoms with Crippen LogP contribution in [-0.2, 0) is 4.79 Å². The second-order valence-corrected chi connectivity index (χ2v) is 9.48. The normalized spacial score (nSPS) is 17.2. The molecule has 1 fully saturated rings. The van der Waals surface area contributed by atoms with Gasteiger partial charge in [0.25, 0.3) is 11.8 Å². The maximum Gasteiger partial charge on any atom is 0.261 e. The number of halogens is 1. The number of piperidine rings is 1. The highest BCUT2D eigenvalue weighted by Gasteiger charge is 2.35. The summed E-state index contributed by atoms with van der Waals surface area (Å²) in [7, 11) is 0. The van der Waals surface area contributed by atoms with E-state index in [1.807, 2.05) is 12.1 Å². The van der Waals surface area contributed by atoms with E-state index in [4.69, 9.17) is 11.6 Å².